The van der Waals surface area contributed by atoms with Gasteiger partial charge in [0.2, 0.25) is 5.91 Å². The molecule has 0 heterocycles. The average molecular weight is 427 g/mol. The minimum Gasteiger partial charge on any atom is -0.493 e. The molecule has 0 fully saturated rings. The summed E-state index contributed by atoms with van der Waals surface area (Å²) in [6.45, 7) is 3.46. The lowest BCUT2D eigenvalue weighted by molar-refractivity contribution is -0.127. The number of hydrogen-bond donors (Lipinski definition) is 1. The molecule has 0 aliphatic heterocycles. The van der Waals surface area contributed by atoms with E-state index in [0.717, 1.165) is 17.5 Å². The molecule has 168 valence electrons. The zero-order valence-electron chi connectivity index (χ0n) is 19.4. The maximum Gasteiger partial charge on any atom is 0.243 e. The largest absolute Gasteiger partial charge is 0.493 e. The van der Waals surface area contributed by atoms with Crippen molar-refractivity contribution in [3.8, 4) is 11.5 Å². The second-order valence-electron chi connectivity index (χ2n) is 7.58. The Hall–Kier alpha value is -3.22. The van der Waals surface area contributed by atoms with Crippen molar-refractivity contribution in [3.63, 3.8) is 0 Å². The summed E-state index contributed by atoms with van der Waals surface area (Å²) in [5.41, 5.74) is 3.44. The van der Waals surface area contributed by atoms with Crippen LogP contribution in [-0.4, -0.2) is 70.1 Å². The summed E-state index contributed by atoms with van der Waals surface area (Å²) in [6, 6.07) is 14.2. The number of aliphatic imine (C=N–C) groups is 1. The molecule has 0 bridgehead atoms. The van der Waals surface area contributed by atoms with E-state index in [4.69, 9.17) is 9.47 Å². The van der Waals surface area contributed by atoms with Crippen LogP contribution in [0.1, 0.15) is 16.7 Å². The van der Waals surface area contributed by atoms with Crippen LogP contribution in [0.25, 0.3) is 0 Å². The van der Waals surface area contributed by atoms with E-state index in [1.54, 1.807) is 33.2 Å². The number of guanidine groups is 1. The summed E-state index contributed by atoms with van der Waals surface area (Å²) in [4.78, 5) is 20.2. The quantitative estimate of drug-likeness (QED) is 0.493. The van der Waals surface area contributed by atoms with Crippen LogP contribution in [0.5, 0.6) is 11.5 Å². The number of likely N-dealkylation sites (N-methyl/N-ethyl adjacent to an activating group) is 1. The number of methoxy groups -OCH3 is 2. The molecular weight excluding hydrogens is 392 g/mol. The lowest BCUT2D eigenvalue weighted by Crippen LogP contribution is -2.40. The van der Waals surface area contributed by atoms with E-state index in [-0.39, 0.29) is 12.5 Å². The summed E-state index contributed by atoms with van der Waals surface area (Å²) in [7, 11) is 8.69. The number of nitrogens with one attached hydrogen (secondary N) is 1. The third kappa shape index (κ3) is 7.20. The van der Waals surface area contributed by atoms with Crippen LogP contribution in [0, 0.1) is 6.92 Å². The van der Waals surface area contributed by atoms with Gasteiger partial charge >= 0.3 is 0 Å². The molecule has 0 saturated carbocycles. The minimum absolute atomic E-state index is 0.0435. The number of rotatable bonds is 9. The topological polar surface area (TPSA) is 66.4 Å². The van der Waals surface area contributed by atoms with Crippen molar-refractivity contribution >= 4 is 11.9 Å². The Bertz CT molecular complexity index is 882. The van der Waals surface area contributed by atoms with Crippen molar-refractivity contribution in [2.45, 2.75) is 19.9 Å². The van der Waals surface area contributed by atoms with Crippen molar-refractivity contribution in [3.05, 3.63) is 59.2 Å². The van der Waals surface area contributed by atoms with Gasteiger partial charge in [-0.05, 0) is 42.2 Å². The number of aryl methyl sites for hydroxylation is 1. The lowest BCUT2D eigenvalue weighted by Gasteiger charge is -2.24. The van der Waals surface area contributed by atoms with Gasteiger partial charge in [-0.3, -0.25) is 4.79 Å². The molecule has 0 aliphatic carbocycles. The Morgan fingerprint density at radius 3 is 2.29 bits per heavy atom. The minimum atomic E-state index is -0.0435. The average Bonchev–Trinajstić information content (AvgIpc) is 2.77. The summed E-state index contributed by atoms with van der Waals surface area (Å²) >= 11 is 0. The second-order valence-corrected chi connectivity index (χ2v) is 7.58. The van der Waals surface area contributed by atoms with E-state index in [2.05, 4.69) is 22.4 Å². The van der Waals surface area contributed by atoms with Crippen molar-refractivity contribution in [1.82, 2.24) is 15.1 Å². The van der Waals surface area contributed by atoms with Gasteiger partial charge in [0.1, 0.15) is 6.54 Å². The number of ether oxygens (including phenoxy) is 2. The van der Waals surface area contributed by atoms with E-state index in [9.17, 15) is 4.79 Å². The highest BCUT2D eigenvalue weighted by Crippen LogP contribution is 2.30. The van der Waals surface area contributed by atoms with E-state index >= 15 is 0 Å². The van der Waals surface area contributed by atoms with E-state index in [0.29, 0.717) is 30.5 Å². The van der Waals surface area contributed by atoms with Crippen molar-refractivity contribution in [1.29, 1.82) is 0 Å². The third-order valence-electron chi connectivity index (χ3n) is 5.01. The molecule has 0 unspecified atom stereocenters. The van der Waals surface area contributed by atoms with Gasteiger partial charge in [-0.25, -0.2) is 4.99 Å². The first-order chi connectivity index (χ1) is 14.8. The number of hydrogen-bond acceptors (Lipinski definition) is 4. The lowest BCUT2D eigenvalue weighted by atomic mass is 10.1. The van der Waals surface area contributed by atoms with E-state index in [1.165, 1.54) is 5.56 Å². The fraction of sp³-hybridized carbons (Fsp3) is 0.417. The van der Waals surface area contributed by atoms with Crippen molar-refractivity contribution in [2.24, 2.45) is 4.99 Å². The first-order valence-electron chi connectivity index (χ1n) is 10.3. The van der Waals surface area contributed by atoms with Crippen LogP contribution in [0.3, 0.4) is 0 Å². The van der Waals surface area contributed by atoms with Gasteiger partial charge < -0.3 is 24.6 Å². The van der Waals surface area contributed by atoms with Gasteiger partial charge in [-0.15, -0.1) is 0 Å². The number of amides is 1. The molecule has 0 aromatic heterocycles. The Morgan fingerprint density at radius 2 is 1.68 bits per heavy atom. The normalized spacial score (nSPS) is 11.1. The molecule has 31 heavy (non-hydrogen) atoms. The molecule has 0 aliphatic rings. The fourth-order valence-corrected chi connectivity index (χ4v) is 3.08. The van der Waals surface area contributed by atoms with Gasteiger partial charge in [0, 0.05) is 34.2 Å². The summed E-state index contributed by atoms with van der Waals surface area (Å²) in [5, 5.41) is 3.40. The fourth-order valence-electron chi connectivity index (χ4n) is 3.08. The SMILES string of the molecule is COc1cc(C)c(CN(C)C(=NCC(=O)N(C)C)NCCc2ccccc2)cc1OC. The Balaban J connectivity index is 2.15. The van der Waals surface area contributed by atoms with Crippen LogP contribution >= 0.6 is 0 Å². The zero-order valence-corrected chi connectivity index (χ0v) is 19.4. The monoisotopic (exact) mass is 426 g/mol. The van der Waals surface area contributed by atoms with Crippen molar-refractivity contribution in [2.75, 3.05) is 48.5 Å². The van der Waals surface area contributed by atoms with Crippen LogP contribution in [0.4, 0.5) is 0 Å². The first-order valence-corrected chi connectivity index (χ1v) is 10.3. The van der Waals surface area contributed by atoms with Gasteiger partial charge in [-0.1, -0.05) is 30.3 Å². The predicted molar refractivity (Wildman–Crippen MR) is 125 cm³/mol. The highest BCUT2D eigenvalue weighted by atomic mass is 16.5. The molecule has 7 heteroatoms. The molecular formula is C24H34N4O3. The standard InChI is InChI=1S/C24H34N4O3/c1-18-14-21(30-5)22(31-6)15-20(18)17-28(4)24(26-16-23(29)27(2)3)25-13-12-19-10-8-7-9-11-19/h7-11,14-15H,12-13,16-17H2,1-6H3,(H,25,26). The summed E-state index contributed by atoms with van der Waals surface area (Å²) in [5.74, 6) is 2.03. The second kappa shape index (κ2) is 11.8. The third-order valence-corrected chi connectivity index (χ3v) is 5.01. The number of carbonyl (C=O) groups excluding carboxylic acids is 1. The van der Waals surface area contributed by atoms with E-state index < -0.39 is 0 Å². The molecule has 2 aromatic rings. The van der Waals surface area contributed by atoms with Crippen LogP contribution in [0.2, 0.25) is 0 Å². The zero-order chi connectivity index (χ0) is 22.8. The predicted octanol–water partition coefficient (Wildman–Crippen LogP) is 2.72. The molecule has 2 aromatic carbocycles. The molecule has 7 nitrogen and oxygen atoms in total. The van der Waals surface area contributed by atoms with Crippen molar-refractivity contribution < 1.29 is 14.3 Å². The van der Waals surface area contributed by atoms with Gasteiger partial charge in [0.15, 0.2) is 17.5 Å². The highest BCUT2D eigenvalue weighted by Gasteiger charge is 2.14. The smallest absolute Gasteiger partial charge is 0.243 e. The molecule has 0 saturated heterocycles. The van der Waals surface area contributed by atoms with Crippen LogP contribution < -0.4 is 14.8 Å². The van der Waals surface area contributed by atoms with Gasteiger partial charge in [0.25, 0.3) is 0 Å². The maximum atomic E-state index is 12.1. The molecule has 0 atom stereocenters. The summed E-state index contributed by atoms with van der Waals surface area (Å²) in [6.07, 6.45) is 0.866. The Labute approximate surface area is 185 Å². The molecule has 0 spiro atoms. The summed E-state index contributed by atoms with van der Waals surface area (Å²) < 4.78 is 10.8. The van der Waals surface area contributed by atoms with Gasteiger partial charge in [-0.2, -0.15) is 0 Å². The Morgan fingerprint density at radius 1 is 1.03 bits per heavy atom. The highest BCUT2D eigenvalue weighted by molar-refractivity contribution is 5.84. The molecule has 2 rings (SSSR count). The first kappa shape index (κ1) is 24.1. The van der Waals surface area contributed by atoms with E-state index in [1.807, 2.05) is 49.2 Å². The molecule has 1 N–H and O–H groups in total. The number of carbonyl (C=O) groups is 1. The molecule has 1 amide bonds. The Kier molecular flexibility index (Phi) is 9.18. The van der Waals surface area contributed by atoms with Crippen LogP contribution in [-0.2, 0) is 17.8 Å². The number of nitrogens with zero attached hydrogens (tertiary/aromatic N) is 3. The van der Waals surface area contributed by atoms with Crippen LogP contribution in [0.15, 0.2) is 47.5 Å². The van der Waals surface area contributed by atoms with Gasteiger partial charge in [0.05, 0.1) is 14.2 Å². The molecule has 0 radical (unpaired) electrons. The number of benzene rings is 2. The maximum absolute atomic E-state index is 12.1.